The van der Waals surface area contributed by atoms with Gasteiger partial charge in [-0.1, -0.05) is 48.5 Å². The number of benzene rings is 5. The molecule has 0 unspecified atom stereocenters. The third-order valence-corrected chi connectivity index (χ3v) is 5.47. The summed E-state index contributed by atoms with van der Waals surface area (Å²) >= 11 is 2.32. The van der Waals surface area contributed by atoms with E-state index in [1.165, 1.54) is 30.5 Å². The average Bonchev–Trinajstić information content (AvgIpc) is 2.61. The maximum absolute atomic E-state index is 10.5. The summed E-state index contributed by atoms with van der Waals surface area (Å²) in [6.07, 6.45) is 0. The van der Waals surface area contributed by atoms with Gasteiger partial charge in [-0.25, -0.2) is 0 Å². The predicted octanol–water partition coefficient (Wildman–Crippen LogP) is 6.61. The second kappa shape index (κ2) is 5.08. The molecule has 0 radical (unpaired) electrons. The summed E-state index contributed by atoms with van der Waals surface area (Å²) in [7, 11) is 0. The van der Waals surface area contributed by atoms with Gasteiger partial charge in [-0.3, -0.25) is 0 Å². The van der Waals surface area contributed by atoms with Crippen molar-refractivity contribution in [2.24, 2.45) is 0 Å². The molecular formula is C22H13IO. The summed E-state index contributed by atoms with van der Waals surface area (Å²) in [6, 6.07) is 25.2. The zero-order valence-corrected chi connectivity index (χ0v) is 14.9. The predicted molar refractivity (Wildman–Crippen MR) is 111 cm³/mol. The van der Waals surface area contributed by atoms with Gasteiger partial charge in [0.1, 0.15) is 5.75 Å². The third kappa shape index (κ3) is 1.93. The van der Waals surface area contributed by atoms with Crippen LogP contribution in [0.5, 0.6) is 5.75 Å². The summed E-state index contributed by atoms with van der Waals surface area (Å²) in [5.74, 6) is 0.342. The van der Waals surface area contributed by atoms with Crippen molar-refractivity contribution in [2.45, 2.75) is 0 Å². The number of phenols is 1. The van der Waals surface area contributed by atoms with Crippen molar-refractivity contribution in [3.8, 4) is 5.75 Å². The highest BCUT2D eigenvalue weighted by molar-refractivity contribution is 14.1. The topological polar surface area (TPSA) is 20.2 Å². The number of fused-ring (bicyclic) bond motifs is 7. The minimum absolute atomic E-state index is 0.342. The van der Waals surface area contributed by atoms with Crippen molar-refractivity contribution >= 4 is 65.7 Å². The third-order valence-electron chi connectivity index (χ3n) is 4.80. The Morgan fingerprint density at radius 3 is 2.04 bits per heavy atom. The van der Waals surface area contributed by atoms with E-state index in [1.54, 1.807) is 0 Å². The Kier molecular flexibility index (Phi) is 2.98. The Bertz CT molecular complexity index is 1270. The van der Waals surface area contributed by atoms with Gasteiger partial charge < -0.3 is 5.11 Å². The minimum atomic E-state index is 0.342. The van der Waals surface area contributed by atoms with Crippen LogP contribution in [-0.2, 0) is 0 Å². The van der Waals surface area contributed by atoms with E-state index < -0.39 is 0 Å². The molecule has 0 aromatic heterocycles. The van der Waals surface area contributed by atoms with Crippen molar-refractivity contribution in [1.29, 1.82) is 0 Å². The maximum Gasteiger partial charge on any atom is 0.124 e. The molecule has 0 aliphatic rings. The van der Waals surface area contributed by atoms with Gasteiger partial charge >= 0.3 is 0 Å². The monoisotopic (exact) mass is 420 g/mol. The van der Waals surface area contributed by atoms with Crippen LogP contribution in [0.15, 0.2) is 72.8 Å². The highest BCUT2D eigenvalue weighted by Gasteiger charge is 2.10. The molecule has 0 fully saturated rings. The van der Waals surface area contributed by atoms with Crippen molar-refractivity contribution in [3.63, 3.8) is 0 Å². The Hall–Kier alpha value is -2.33. The fourth-order valence-electron chi connectivity index (χ4n) is 3.68. The van der Waals surface area contributed by atoms with Gasteiger partial charge in [0.25, 0.3) is 0 Å². The van der Waals surface area contributed by atoms with Crippen LogP contribution in [0.3, 0.4) is 0 Å². The number of hydrogen-bond acceptors (Lipinski definition) is 1. The van der Waals surface area contributed by atoms with Gasteiger partial charge in [0, 0.05) is 8.96 Å². The molecule has 0 amide bonds. The molecule has 0 spiro atoms. The largest absolute Gasteiger partial charge is 0.507 e. The van der Waals surface area contributed by atoms with Gasteiger partial charge in [0.2, 0.25) is 0 Å². The Morgan fingerprint density at radius 1 is 0.542 bits per heavy atom. The Morgan fingerprint density at radius 2 is 1.17 bits per heavy atom. The molecule has 1 nitrogen and oxygen atoms in total. The van der Waals surface area contributed by atoms with E-state index in [1.807, 2.05) is 18.2 Å². The molecule has 1 N–H and O–H groups in total. The number of hydrogen-bond donors (Lipinski definition) is 1. The number of halogens is 1. The second-order valence-electron chi connectivity index (χ2n) is 6.13. The molecule has 0 bridgehead atoms. The molecule has 0 saturated heterocycles. The van der Waals surface area contributed by atoms with Crippen LogP contribution >= 0.6 is 22.6 Å². The molecule has 0 heterocycles. The lowest BCUT2D eigenvalue weighted by atomic mass is 9.94. The summed E-state index contributed by atoms with van der Waals surface area (Å²) in [4.78, 5) is 0. The highest BCUT2D eigenvalue weighted by atomic mass is 127. The molecule has 0 aliphatic carbocycles. The van der Waals surface area contributed by atoms with E-state index in [-0.39, 0.29) is 0 Å². The first-order valence-electron chi connectivity index (χ1n) is 7.88. The first kappa shape index (κ1) is 14.1. The molecule has 5 aromatic carbocycles. The van der Waals surface area contributed by atoms with E-state index in [9.17, 15) is 5.11 Å². The van der Waals surface area contributed by atoms with Gasteiger partial charge in [-0.15, -0.1) is 0 Å². The van der Waals surface area contributed by atoms with Crippen LogP contribution in [0.25, 0.3) is 43.1 Å². The minimum Gasteiger partial charge on any atom is -0.507 e. The highest BCUT2D eigenvalue weighted by Crippen LogP contribution is 2.38. The normalized spacial score (nSPS) is 11.7. The lowest BCUT2D eigenvalue weighted by Gasteiger charge is -2.11. The summed E-state index contributed by atoms with van der Waals surface area (Å²) in [5.41, 5.74) is 0. The molecule has 0 atom stereocenters. The average molecular weight is 420 g/mol. The van der Waals surface area contributed by atoms with Gasteiger partial charge in [0.15, 0.2) is 0 Å². The summed E-state index contributed by atoms with van der Waals surface area (Å²) in [5, 5.41) is 19.7. The standard InChI is InChI=1S/C22H13IO/c23-14-6-8-19-20(11-14)18-10-9-16-15-4-2-1-3-13(15)5-7-17(16)21(18)12-22(19)24/h1-12,24H. The fourth-order valence-corrected chi connectivity index (χ4v) is 4.17. The lowest BCUT2D eigenvalue weighted by molar-refractivity contribution is 0.482. The molecular weight excluding hydrogens is 407 g/mol. The smallest absolute Gasteiger partial charge is 0.124 e. The van der Waals surface area contributed by atoms with Crippen LogP contribution < -0.4 is 0 Å². The lowest BCUT2D eigenvalue weighted by Crippen LogP contribution is -1.84. The zero-order chi connectivity index (χ0) is 16.3. The zero-order valence-electron chi connectivity index (χ0n) is 12.8. The van der Waals surface area contributed by atoms with E-state index in [2.05, 4.69) is 77.2 Å². The molecule has 24 heavy (non-hydrogen) atoms. The van der Waals surface area contributed by atoms with Crippen LogP contribution in [0.4, 0.5) is 0 Å². The van der Waals surface area contributed by atoms with E-state index in [4.69, 9.17) is 0 Å². The summed E-state index contributed by atoms with van der Waals surface area (Å²) in [6.45, 7) is 0. The second-order valence-corrected chi connectivity index (χ2v) is 7.37. The Labute approximate surface area is 152 Å². The van der Waals surface area contributed by atoms with Crippen LogP contribution in [0.2, 0.25) is 0 Å². The molecule has 5 aromatic rings. The number of rotatable bonds is 0. The van der Waals surface area contributed by atoms with Crippen molar-refractivity contribution < 1.29 is 5.11 Å². The quantitative estimate of drug-likeness (QED) is 0.221. The first-order valence-corrected chi connectivity index (χ1v) is 8.96. The molecule has 0 saturated carbocycles. The Balaban J connectivity index is 2.05. The number of phenolic OH excluding ortho intramolecular Hbond substituents is 1. The fraction of sp³-hybridized carbons (Fsp3) is 0. The molecule has 5 rings (SSSR count). The first-order chi connectivity index (χ1) is 11.7. The maximum atomic E-state index is 10.5. The van der Waals surface area contributed by atoms with Crippen molar-refractivity contribution in [2.75, 3.05) is 0 Å². The van der Waals surface area contributed by atoms with Crippen LogP contribution in [-0.4, -0.2) is 5.11 Å². The van der Waals surface area contributed by atoms with E-state index in [0.717, 1.165) is 16.2 Å². The SMILES string of the molecule is Oc1cc2c(ccc3c4ccccc4ccc32)c2cc(I)ccc12. The van der Waals surface area contributed by atoms with Crippen molar-refractivity contribution in [1.82, 2.24) is 0 Å². The molecule has 0 aliphatic heterocycles. The van der Waals surface area contributed by atoms with E-state index >= 15 is 0 Å². The van der Waals surface area contributed by atoms with Gasteiger partial charge in [0.05, 0.1) is 0 Å². The van der Waals surface area contributed by atoms with Gasteiger partial charge in [-0.2, -0.15) is 0 Å². The van der Waals surface area contributed by atoms with Crippen LogP contribution in [0.1, 0.15) is 0 Å². The molecule has 2 heteroatoms. The molecule has 114 valence electrons. The number of aromatic hydroxyl groups is 1. The van der Waals surface area contributed by atoms with Crippen LogP contribution in [0, 0.1) is 3.57 Å². The van der Waals surface area contributed by atoms with Crippen molar-refractivity contribution in [3.05, 3.63) is 76.4 Å². The van der Waals surface area contributed by atoms with Gasteiger partial charge in [-0.05, 0) is 84.6 Å². The summed E-state index contributed by atoms with van der Waals surface area (Å²) < 4.78 is 1.17. The van der Waals surface area contributed by atoms with E-state index in [0.29, 0.717) is 5.75 Å².